The van der Waals surface area contributed by atoms with Gasteiger partial charge in [-0.3, -0.25) is 10.1 Å². The monoisotopic (exact) mass is 245 g/mol. The van der Waals surface area contributed by atoms with Crippen LogP contribution in [0, 0.1) is 10.1 Å². The van der Waals surface area contributed by atoms with Gasteiger partial charge in [0.1, 0.15) is 6.10 Å². The first kappa shape index (κ1) is 12.5. The number of hydrogen-bond acceptors (Lipinski definition) is 3. The molecule has 1 fully saturated rings. The van der Waals surface area contributed by atoms with Crippen molar-refractivity contribution in [1.82, 2.24) is 0 Å². The Morgan fingerprint density at radius 2 is 1.94 bits per heavy atom. The zero-order valence-corrected chi connectivity index (χ0v) is 10.1. The molecule has 0 bridgehead atoms. The molecular weight excluding hydrogens is 230 g/mol. The lowest BCUT2D eigenvalue weighted by Crippen LogP contribution is -2.06. The highest BCUT2D eigenvalue weighted by molar-refractivity contribution is 5.40. The van der Waals surface area contributed by atoms with Gasteiger partial charge in [0.15, 0.2) is 0 Å². The summed E-state index contributed by atoms with van der Waals surface area (Å²) in [5, 5.41) is 10.6. The van der Waals surface area contributed by atoms with Crippen LogP contribution in [0.25, 0.3) is 0 Å². The van der Waals surface area contributed by atoms with Gasteiger partial charge in [0.05, 0.1) is 4.92 Å². The second kappa shape index (κ2) is 5.14. The molecule has 0 spiro atoms. The Balaban J connectivity index is 2.26. The Morgan fingerprint density at radius 3 is 2.56 bits per heavy atom. The third-order valence-electron chi connectivity index (χ3n) is 3.08. The first-order chi connectivity index (χ1) is 8.59. The van der Waals surface area contributed by atoms with Gasteiger partial charge in [-0.15, -0.1) is 0 Å². The fourth-order valence-electron chi connectivity index (χ4n) is 2.00. The van der Waals surface area contributed by atoms with Gasteiger partial charge in [0.25, 0.3) is 5.69 Å². The fraction of sp³-hybridized carbons (Fsp3) is 0.286. The van der Waals surface area contributed by atoms with Gasteiger partial charge in [-0.2, -0.15) is 0 Å². The Hall–Kier alpha value is -1.94. The van der Waals surface area contributed by atoms with Crippen molar-refractivity contribution in [3.05, 3.63) is 64.2 Å². The van der Waals surface area contributed by atoms with Crippen LogP contribution >= 0.6 is 0 Å². The average Bonchev–Trinajstić information content (AvgIpc) is 2.53. The molecule has 0 aromatic heterocycles. The summed E-state index contributed by atoms with van der Waals surface area (Å²) in [6.45, 7) is 8.65. The summed E-state index contributed by atoms with van der Waals surface area (Å²) in [5.74, 6) is 0. The Morgan fingerprint density at radius 1 is 1.28 bits per heavy atom. The summed E-state index contributed by atoms with van der Waals surface area (Å²) in [5.41, 5.74) is 2.82. The predicted molar refractivity (Wildman–Crippen MR) is 69.3 cm³/mol. The molecule has 0 saturated carbocycles. The second-order valence-corrected chi connectivity index (χ2v) is 4.33. The molecular formula is C14H15NO3. The molecule has 0 N–H and O–H groups in total. The maximum absolute atomic E-state index is 10.6. The number of rotatable bonds is 2. The van der Waals surface area contributed by atoms with Crippen molar-refractivity contribution in [2.45, 2.75) is 18.9 Å². The summed E-state index contributed by atoms with van der Waals surface area (Å²) >= 11 is 0. The molecule has 1 aromatic rings. The van der Waals surface area contributed by atoms with E-state index in [2.05, 4.69) is 13.2 Å². The van der Waals surface area contributed by atoms with Crippen LogP contribution in [0.15, 0.2) is 48.6 Å². The number of nitrogens with zero attached hydrogens (tertiary/aromatic N) is 1. The van der Waals surface area contributed by atoms with Crippen molar-refractivity contribution in [2.75, 3.05) is 6.61 Å². The minimum Gasteiger partial charge on any atom is -0.369 e. The van der Waals surface area contributed by atoms with Crippen LogP contribution in [0.1, 0.15) is 24.5 Å². The van der Waals surface area contributed by atoms with E-state index in [1.807, 2.05) is 0 Å². The zero-order valence-electron chi connectivity index (χ0n) is 10.1. The van der Waals surface area contributed by atoms with Crippen molar-refractivity contribution in [2.24, 2.45) is 0 Å². The van der Waals surface area contributed by atoms with Crippen LogP contribution in [-0.4, -0.2) is 11.5 Å². The van der Waals surface area contributed by atoms with Gasteiger partial charge in [-0.05, 0) is 41.7 Å². The fourth-order valence-corrected chi connectivity index (χ4v) is 2.00. The average molecular weight is 245 g/mol. The van der Waals surface area contributed by atoms with Gasteiger partial charge in [0, 0.05) is 18.7 Å². The van der Waals surface area contributed by atoms with E-state index in [-0.39, 0.29) is 11.8 Å². The van der Waals surface area contributed by atoms with Crippen LogP contribution in [0.5, 0.6) is 0 Å². The highest BCUT2D eigenvalue weighted by Crippen LogP contribution is 2.34. The number of nitro groups is 1. The minimum absolute atomic E-state index is 0.0804. The lowest BCUT2D eigenvalue weighted by molar-refractivity contribution is -0.384. The SMILES string of the molecule is C=C1CCCOC(c2ccc([N+](=O)[O-])cc2)C1=C. The molecule has 2 rings (SSSR count). The number of nitro benzene ring substituents is 1. The molecule has 18 heavy (non-hydrogen) atoms. The van der Waals surface area contributed by atoms with E-state index in [0.717, 1.165) is 29.6 Å². The maximum Gasteiger partial charge on any atom is 0.269 e. The summed E-state index contributed by atoms with van der Waals surface area (Å²) < 4.78 is 5.74. The molecule has 0 amide bonds. The first-order valence-electron chi connectivity index (χ1n) is 5.82. The topological polar surface area (TPSA) is 52.4 Å². The number of non-ortho nitro benzene ring substituents is 1. The van der Waals surface area contributed by atoms with E-state index in [4.69, 9.17) is 4.74 Å². The van der Waals surface area contributed by atoms with Crippen LogP contribution in [0.2, 0.25) is 0 Å². The summed E-state index contributed by atoms with van der Waals surface area (Å²) in [6, 6.07) is 6.40. The largest absolute Gasteiger partial charge is 0.369 e. The highest BCUT2D eigenvalue weighted by atomic mass is 16.6. The Kier molecular flexibility index (Phi) is 3.58. The van der Waals surface area contributed by atoms with Gasteiger partial charge < -0.3 is 4.74 Å². The summed E-state index contributed by atoms with van der Waals surface area (Å²) in [4.78, 5) is 10.2. The van der Waals surface area contributed by atoms with E-state index in [1.165, 1.54) is 12.1 Å². The quantitative estimate of drug-likeness (QED) is 0.591. The van der Waals surface area contributed by atoms with E-state index in [1.54, 1.807) is 12.1 Å². The minimum atomic E-state index is -0.411. The second-order valence-electron chi connectivity index (χ2n) is 4.33. The summed E-state index contributed by atoms with van der Waals surface area (Å²) in [6.07, 6.45) is 1.59. The molecule has 0 radical (unpaired) electrons. The number of ether oxygens (including phenoxy) is 1. The zero-order chi connectivity index (χ0) is 13.1. The van der Waals surface area contributed by atoms with Crippen molar-refractivity contribution in [3.63, 3.8) is 0 Å². The van der Waals surface area contributed by atoms with Crippen molar-refractivity contribution >= 4 is 5.69 Å². The highest BCUT2D eigenvalue weighted by Gasteiger charge is 2.21. The van der Waals surface area contributed by atoms with Gasteiger partial charge >= 0.3 is 0 Å². The molecule has 1 atom stereocenters. The Bertz CT molecular complexity index is 490. The predicted octanol–water partition coefficient (Wildman–Crippen LogP) is 3.56. The van der Waals surface area contributed by atoms with E-state index in [0.29, 0.717) is 6.61 Å². The van der Waals surface area contributed by atoms with Crippen LogP contribution < -0.4 is 0 Å². The van der Waals surface area contributed by atoms with Crippen molar-refractivity contribution in [3.8, 4) is 0 Å². The lowest BCUT2D eigenvalue weighted by Gasteiger charge is -2.18. The third kappa shape index (κ3) is 2.49. The van der Waals surface area contributed by atoms with Crippen LogP contribution in [0.4, 0.5) is 5.69 Å². The van der Waals surface area contributed by atoms with E-state index < -0.39 is 4.92 Å². The van der Waals surface area contributed by atoms with Crippen LogP contribution in [-0.2, 0) is 4.74 Å². The third-order valence-corrected chi connectivity index (χ3v) is 3.08. The van der Waals surface area contributed by atoms with Crippen molar-refractivity contribution < 1.29 is 9.66 Å². The molecule has 1 unspecified atom stereocenters. The molecule has 4 nitrogen and oxygen atoms in total. The smallest absolute Gasteiger partial charge is 0.269 e. The molecule has 1 aromatic carbocycles. The molecule has 1 aliphatic rings. The molecule has 94 valence electrons. The number of hydrogen-bond donors (Lipinski definition) is 0. The van der Waals surface area contributed by atoms with Gasteiger partial charge in [0.2, 0.25) is 0 Å². The van der Waals surface area contributed by atoms with E-state index >= 15 is 0 Å². The standard InChI is InChI=1S/C14H15NO3/c1-10-4-3-9-18-14(11(10)2)12-5-7-13(8-6-12)15(16)17/h5-8,14H,1-4,9H2. The van der Waals surface area contributed by atoms with E-state index in [9.17, 15) is 10.1 Å². The molecule has 1 saturated heterocycles. The van der Waals surface area contributed by atoms with Crippen molar-refractivity contribution in [1.29, 1.82) is 0 Å². The molecule has 4 heteroatoms. The Labute approximate surface area is 106 Å². The molecule has 0 aliphatic carbocycles. The normalized spacial score (nSPS) is 20.6. The summed E-state index contributed by atoms with van der Waals surface area (Å²) in [7, 11) is 0. The maximum atomic E-state index is 10.6. The lowest BCUT2D eigenvalue weighted by atomic mass is 9.96. The molecule has 1 aliphatic heterocycles. The van der Waals surface area contributed by atoms with Crippen LogP contribution in [0.3, 0.4) is 0 Å². The number of benzene rings is 1. The first-order valence-corrected chi connectivity index (χ1v) is 5.82. The molecule has 1 heterocycles. The van der Waals surface area contributed by atoms with Gasteiger partial charge in [-0.1, -0.05) is 13.2 Å². The van der Waals surface area contributed by atoms with Gasteiger partial charge in [-0.25, -0.2) is 0 Å².